The number of benzene rings is 1. The van der Waals surface area contributed by atoms with Gasteiger partial charge in [-0.1, -0.05) is 17.7 Å². The van der Waals surface area contributed by atoms with Crippen LogP contribution in [0.3, 0.4) is 0 Å². The van der Waals surface area contributed by atoms with Crippen molar-refractivity contribution in [1.82, 2.24) is 4.90 Å². The molecule has 0 N–H and O–H groups in total. The van der Waals surface area contributed by atoms with Gasteiger partial charge in [-0.3, -0.25) is 0 Å². The normalized spacial score (nSPS) is 17.6. The third kappa shape index (κ3) is 1.97. The highest BCUT2D eigenvalue weighted by atomic mass is 79.9. The largest absolute Gasteiger partial charge is 0.306 e. The summed E-state index contributed by atoms with van der Waals surface area (Å²) in [5, 5.41) is 0.827. The molecule has 1 aliphatic rings. The zero-order chi connectivity index (χ0) is 10.1. The van der Waals surface area contributed by atoms with Gasteiger partial charge >= 0.3 is 0 Å². The third-order valence-corrected chi connectivity index (χ3v) is 4.25. The van der Waals surface area contributed by atoms with E-state index in [4.69, 9.17) is 11.6 Å². The number of fused-ring (bicyclic) bond motifs is 1. The SMILES string of the molecule is CN1CCc2ccc(Cl)c(Br)c2CC1. The summed E-state index contributed by atoms with van der Waals surface area (Å²) in [4.78, 5) is 2.36. The number of halogens is 2. The number of rotatable bonds is 0. The summed E-state index contributed by atoms with van der Waals surface area (Å²) in [5.74, 6) is 0. The smallest absolute Gasteiger partial charge is 0.0551 e. The topological polar surface area (TPSA) is 3.24 Å². The predicted octanol–water partition coefficient (Wildman–Crippen LogP) is 3.13. The quantitative estimate of drug-likeness (QED) is 0.702. The van der Waals surface area contributed by atoms with Crippen LogP contribution in [-0.4, -0.2) is 25.0 Å². The van der Waals surface area contributed by atoms with Crippen molar-refractivity contribution in [2.45, 2.75) is 12.8 Å². The van der Waals surface area contributed by atoms with E-state index >= 15 is 0 Å². The Hall–Kier alpha value is -0.0500. The van der Waals surface area contributed by atoms with E-state index in [0.29, 0.717) is 0 Å². The zero-order valence-corrected chi connectivity index (χ0v) is 10.5. The molecule has 0 spiro atoms. The lowest BCUT2D eigenvalue weighted by Crippen LogP contribution is -2.20. The molecule has 14 heavy (non-hydrogen) atoms. The van der Waals surface area contributed by atoms with Gasteiger partial charge in [0.15, 0.2) is 0 Å². The second-order valence-corrected chi connectivity index (χ2v) is 5.00. The van der Waals surface area contributed by atoms with Crippen LogP contribution in [0.2, 0.25) is 5.02 Å². The Morgan fingerprint density at radius 2 is 2.00 bits per heavy atom. The molecule has 0 fully saturated rings. The summed E-state index contributed by atoms with van der Waals surface area (Å²) in [7, 11) is 2.17. The van der Waals surface area contributed by atoms with Crippen molar-refractivity contribution in [3.05, 3.63) is 32.8 Å². The van der Waals surface area contributed by atoms with Crippen LogP contribution in [0.4, 0.5) is 0 Å². The fraction of sp³-hybridized carbons (Fsp3) is 0.455. The molecule has 1 aromatic rings. The lowest BCUT2D eigenvalue weighted by Gasteiger charge is -2.11. The van der Waals surface area contributed by atoms with E-state index in [1.54, 1.807) is 0 Å². The van der Waals surface area contributed by atoms with Crippen molar-refractivity contribution in [2.75, 3.05) is 20.1 Å². The molecular weight excluding hydrogens is 261 g/mol. The van der Waals surface area contributed by atoms with Gasteiger partial charge in [0.2, 0.25) is 0 Å². The Kier molecular flexibility index (Phi) is 3.15. The molecule has 1 heterocycles. The Morgan fingerprint density at radius 3 is 2.79 bits per heavy atom. The van der Waals surface area contributed by atoms with Gasteiger partial charge in [0.1, 0.15) is 0 Å². The predicted molar refractivity (Wildman–Crippen MR) is 64.1 cm³/mol. The van der Waals surface area contributed by atoms with Crippen LogP contribution in [0.5, 0.6) is 0 Å². The molecular formula is C11H13BrClN. The molecule has 0 bridgehead atoms. The first kappa shape index (κ1) is 10.5. The van der Waals surface area contributed by atoms with E-state index in [1.165, 1.54) is 11.1 Å². The van der Waals surface area contributed by atoms with Crippen LogP contribution >= 0.6 is 27.5 Å². The first-order chi connectivity index (χ1) is 6.68. The van der Waals surface area contributed by atoms with Crippen LogP contribution in [-0.2, 0) is 12.8 Å². The molecule has 0 saturated heterocycles. The van der Waals surface area contributed by atoms with Gasteiger partial charge in [-0.15, -0.1) is 0 Å². The lowest BCUT2D eigenvalue weighted by molar-refractivity contribution is 0.352. The van der Waals surface area contributed by atoms with Crippen LogP contribution in [0, 0.1) is 0 Å². The molecule has 1 aliphatic heterocycles. The van der Waals surface area contributed by atoms with Crippen molar-refractivity contribution < 1.29 is 0 Å². The molecule has 0 aromatic heterocycles. The fourth-order valence-corrected chi connectivity index (χ4v) is 2.63. The van der Waals surface area contributed by atoms with Crippen molar-refractivity contribution in [3.8, 4) is 0 Å². The maximum Gasteiger partial charge on any atom is 0.0551 e. The average molecular weight is 275 g/mol. The van der Waals surface area contributed by atoms with E-state index in [-0.39, 0.29) is 0 Å². The molecule has 76 valence electrons. The number of hydrogen-bond acceptors (Lipinski definition) is 1. The van der Waals surface area contributed by atoms with E-state index in [1.807, 2.05) is 6.07 Å². The Balaban J connectivity index is 2.41. The zero-order valence-electron chi connectivity index (χ0n) is 8.19. The summed E-state index contributed by atoms with van der Waals surface area (Å²) >= 11 is 9.64. The second-order valence-electron chi connectivity index (χ2n) is 3.80. The van der Waals surface area contributed by atoms with E-state index < -0.39 is 0 Å². The van der Waals surface area contributed by atoms with Gasteiger partial charge in [0.25, 0.3) is 0 Å². The van der Waals surface area contributed by atoms with Gasteiger partial charge in [-0.2, -0.15) is 0 Å². The average Bonchev–Trinajstić information content (AvgIpc) is 2.35. The van der Waals surface area contributed by atoms with Crippen molar-refractivity contribution in [3.63, 3.8) is 0 Å². The Labute approximate surface area is 98.2 Å². The van der Waals surface area contributed by atoms with Crippen LogP contribution in [0.15, 0.2) is 16.6 Å². The molecule has 1 nitrogen and oxygen atoms in total. The maximum atomic E-state index is 6.07. The second kappa shape index (κ2) is 4.21. The summed E-state index contributed by atoms with van der Waals surface area (Å²) in [6, 6.07) is 4.14. The van der Waals surface area contributed by atoms with Gasteiger partial charge in [0.05, 0.1) is 5.02 Å². The third-order valence-electron chi connectivity index (χ3n) is 2.80. The minimum absolute atomic E-state index is 0.827. The van der Waals surface area contributed by atoms with E-state index in [9.17, 15) is 0 Å². The highest BCUT2D eigenvalue weighted by Gasteiger charge is 2.14. The van der Waals surface area contributed by atoms with E-state index in [0.717, 1.165) is 35.4 Å². The molecule has 0 unspecified atom stereocenters. The molecule has 1 aromatic carbocycles. The molecule has 3 heteroatoms. The number of nitrogens with zero attached hydrogens (tertiary/aromatic N) is 1. The molecule has 0 aliphatic carbocycles. The minimum Gasteiger partial charge on any atom is -0.306 e. The van der Waals surface area contributed by atoms with E-state index in [2.05, 4.69) is 33.9 Å². The highest BCUT2D eigenvalue weighted by Crippen LogP contribution is 2.30. The minimum atomic E-state index is 0.827. The summed E-state index contributed by atoms with van der Waals surface area (Å²) < 4.78 is 1.09. The van der Waals surface area contributed by atoms with Crippen LogP contribution < -0.4 is 0 Å². The molecule has 2 rings (SSSR count). The Morgan fingerprint density at radius 1 is 1.29 bits per heavy atom. The molecule has 0 saturated carbocycles. The number of likely N-dealkylation sites (N-methyl/N-ethyl adjacent to an activating group) is 1. The van der Waals surface area contributed by atoms with Gasteiger partial charge in [-0.05, 0) is 53.0 Å². The standard InChI is InChI=1S/C11H13BrClN/c1-14-6-4-8-2-3-10(13)11(12)9(8)5-7-14/h2-3H,4-7H2,1H3. The first-order valence-electron chi connectivity index (χ1n) is 4.83. The van der Waals surface area contributed by atoms with Crippen molar-refractivity contribution >= 4 is 27.5 Å². The molecule has 0 atom stereocenters. The van der Waals surface area contributed by atoms with Gasteiger partial charge in [0, 0.05) is 17.6 Å². The first-order valence-corrected chi connectivity index (χ1v) is 6.00. The maximum absolute atomic E-state index is 6.07. The lowest BCUT2D eigenvalue weighted by atomic mass is 10.0. The fourth-order valence-electron chi connectivity index (χ4n) is 1.86. The van der Waals surface area contributed by atoms with Crippen LogP contribution in [0.1, 0.15) is 11.1 Å². The number of hydrogen-bond donors (Lipinski definition) is 0. The summed E-state index contributed by atoms with van der Waals surface area (Å²) in [6.45, 7) is 2.26. The molecule has 0 amide bonds. The van der Waals surface area contributed by atoms with Crippen LogP contribution in [0.25, 0.3) is 0 Å². The molecule has 0 radical (unpaired) electrons. The van der Waals surface area contributed by atoms with Crippen molar-refractivity contribution in [1.29, 1.82) is 0 Å². The monoisotopic (exact) mass is 273 g/mol. The summed E-state index contributed by atoms with van der Waals surface area (Å²) in [6.07, 6.45) is 2.22. The summed E-state index contributed by atoms with van der Waals surface area (Å²) in [5.41, 5.74) is 2.83. The van der Waals surface area contributed by atoms with Crippen molar-refractivity contribution in [2.24, 2.45) is 0 Å². The van der Waals surface area contributed by atoms with Gasteiger partial charge in [-0.25, -0.2) is 0 Å². The van der Waals surface area contributed by atoms with Gasteiger partial charge < -0.3 is 4.90 Å². The Bertz CT molecular complexity index is 351. The highest BCUT2D eigenvalue weighted by molar-refractivity contribution is 9.10.